The predicted molar refractivity (Wildman–Crippen MR) is 120 cm³/mol. The number of carbonyl (C=O) groups is 1. The molecule has 2 aromatic carbocycles. The number of rotatable bonds is 5. The van der Waals surface area contributed by atoms with Crippen LogP contribution >= 0.6 is 11.8 Å². The number of thioether (sulfide) groups is 1. The van der Waals surface area contributed by atoms with Crippen LogP contribution in [0.15, 0.2) is 59.8 Å². The quantitative estimate of drug-likeness (QED) is 0.396. The van der Waals surface area contributed by atoms with Crippen LogP contribution in [0.3, 0.4) is 0 Å². The smallest absolute Gasteiger partial charge is 0.209 e. The van der Waals surface area contributed by atoms with E-state index in [1.54, 1.807) is 0 Å². The molecule has 4 nitrogen and oxygen atoms in total. The molecule has 5 heteroatoms. The van der Waals surface area contributed by atoms with Crippen LogP contribution in [0.1, 0.15) is 61.3 Å². The molecule has 0 saturated heterocycles. The van der Waals surface area contributed by atoms with Gasteiger partial charge in [-0.3, -0.25) is 4.79 Å². The molecule has 2 atom stereocenters. The number of carbonyl (C=O) groups excluding carboxylic acids is 1. The monoisotopic (exact) mass is 415 g/mol. The van der Waals surface area contributed by atoms with Crippen LogP contribution in [-0.4, -0.2) is 26.7 Å². The number of nitrogens with zero attached hydrogens (tertiary/aromatic N) is 3. The van der Waals surface area contributed by atoms with Gasteiger partial charge in [-0.1, -0.05) is 87.1 Å². The molecule has 0 amide bonds. The Bertz CT molecular complexity index is 1110. The minimum atomic E-state index is 0.0511. The Morgan fingerprint density at radius 2 is 1.70 bits per heavy atom. The number of Topliss-reactive ketones (excluding diaryl/α,β-unsaturated/α-hetero) is 1. The molecule has 5 rings (SSSR count). The number of hydrogen-bond donors (Lipinski definition) is 0. The lowest BCUT2D eigenvalue weighted by Gasteiger charge is -2.33. The van der Waals surface area contributed by atoms with Crippen LogP contribution in [0.5, 0.6) is 0 Å². The topological polar surface area (TPSA) is 55.7 Å². The van der Waals surface area contributed by atoms with Gasteiger partial charge in [-0.25, -0.2) is 4.98 Å². The first kappa shape index (κ1) is 19.4. The van der Waals surface area contributed by atoms with Crippen LogP contribution in [-0.2, 0) is 5.41 Å². The van der Waals surface area contributed by atoms with Gasteiger partial charge < -0.3 is 0 Å². The molecule has 0 aliphatic heterocycles. The summed E-state index contributed by atoms with van der Waals surface area (Å²) in [4.78, 5) is 17.6. The second kappa shape index (κ2) is 7.02. The van der Waals surface area contributed by atoms with Crippen molar-refractivity contribution in [3.63, 3.8) is 0 Å². The van der Waals surface area contributed by atoms with Crippen LogP contribution < -0.4 is 0 Å². The summed E-state index contributed by atoms with van der Waals surface area (Å²) in [6.45, 7) is 6.95. The third-order valence-corrected chi connectivity index (χ3v) is 8.26. The van der Waals surface area contributed by atoms with Gasteiger partial charge >= 0.3 is 0 Å². The number of ketones is 1. The molecular weight excluding hydrogens is 390 g/mol. The third kappa shape index (κ3) is 2.90. The van der Waals surface area contributed by atoms with Gasteiger partial charge in [-0.15, -0.1) is 5.10 Å². The zero-order valence-corrected chi connectivity index (χ0v) is 18.4. The van der Waals surface area contributed by atoms with Crippen molar-refractivity contribution in [2.75, 3.05) is 5.75 Å². The van der Waals surface area contributed by atoms with E-state index in [2.05, 4.69) is 43.1 Å². The maximum Gasteiger partial charge on any atom is 0.209 e. The maximum atomic E-state index is 12.7. The van der Waals surface area contributed by atoms with Gasteiger partial charge in [-0.2, -0.15) is 5.10 Å². The highest BCUT2D eigenvalue weighted by atomic mass is 32.2. The molecule has 0 spiro atoms. The summed E-state index contributed by atoms with van der Waals surface area (Å²) in [6, 6.07) is 18.0. The molecule has 3 aromatic rings. The van der Waals surface area contributed by atoms with E-state index in [0.29, 0.717) is 22.4 Å². The molecule has 1 fully saturated rings. The Morgan fingerprint density at radius 3 is 2.43 bits per heavy atom. The van der Waals surface area contributed by atoms with E-state index >= 15 is 0 Å². The van der Waals surface area contributed by atoms with Gasteiger partial charge in [0.2, 0.25) is 5.16 Å². The summed E-state index contributed by atoms with van der Waals surface area (Å²) in [6.07, 6.45) is 2.31. The fraction of sp³-hybridized carbons (Fsp3) is 0.360. The van der Waals surface area contributed by atoms with Crippen LogP contribution in [0.25, 0.3) is 11.1 Å². The van der Waals surface area contributed by atoms with Gasteiger partial charge in [0.25, 0.3) is 0 Å². The molecule has 152 valence electrons. The van der Waals surface area contributed by atoms with Crippen LogP contribution in [0, 0.1) is 5.41 Å². The first-order valence-electron chi connectivity index (χ1n) is 10.5. The standard InChI is InChI=1S/C25H25N3OS/c1-24(2)19-13-14-25(24,3)22-21(19)27-28-23(26-22)30-15-20(29)18-11-9-17(10-12-18)16-7-5-4-6-8-16/h4-12,19H,13-15H2,1-3H3/t19-,25+/m0/s1. The average Bonchev–Trinajstić information content (AvgIpc) is 3.11. The molecule has 0 unspecified atom stereocenters. The fourth-order valence-corrected chi connectivity index (χ4v) is 5.80. The SMILES string of the molecule is CC1(C)[C@H]2CC[C@]1(C)c1nc(SCC(=O)c3ccc(-c4ccccc4)cc3)nnc12. The molecule has 2 bridgehead atoms. The zero-order valence-electron chi connectivity index (χ0n) is 17.6. The van der Waals surface area contributed by atoms with Crippen LogP contribution in [0.4, 0.5) is 0 Å². The highest BCUT2D eigenvalue weighted by molar-refractivity contribution is 7.99. The minimum Gasteiger partial charge on any atom is -0.293 e. The molecule has 0 N–H and O–H groups in total. The summed E-state index contributed by atoms with van der Waals surface area (Å²) in [7, 11) is 0. The number of hydrogen-bond acceptors (Lipinski definition) is 5. The summed E-state index contributed by atoms with van der Waals surface area (Å²) >= 11 is 1.38. The van der Waals surface area contributed by atoms with E-state index < -0.39 is 0 Å². The number of benzene rings is 2. The van der Waals surface area contributed by atoms with Crippen LogP contribution in [0.2, 0.25) is 0 Å². The zero-order chi connectivity index (χ0) is 20.9. The predicted octanol–water partition coefficient (Wildman–Crippen LogP) is 5.69. The second-order valence-electron chi connectivity index (χ2n) is 9.13. The molecule has 0 radical (unpaired) electrons. The maximum absolute atomic E-state index is 12.7. The van der Waals surface area contributed by atoms with E-state index in [1.807, 2.05) is 42.5 Å². The molecule has 1 aromatic heterocycles. The number of aromatic nitrogens is 3. The van der Waals surface area contributed by atoms with Crippen molar-refractivity contribution < 1.29 is 4.79 Å². The number of fused-ring (bicyclic) bond motifs is 5. The van der Waals surface area contributed by atoms with Gasteiger partial charge in [0.05, 0.1) is 17.1 Å². The van der Waals surface area contributed by atoms with Crippen molar-refractivity contribution in [1.82, 2.24) is 15.2 Å². The van der Waals surface area contributed by atoms with E-state index in [4.69, 9.17) is 4.98 Å². The molecular formula is C25H25N3OS. The van der Waals surface area contributed by atoms with E-state index in [0.717, 1.165) is 35.4 Å². The lowest BCUT2D eigenvalue weighted by Crippen LogP contribution is -2.32. The first-order chi connectivity index (χ1) is 14.4. The highest BCUT2D eigenvalue weighted by Crippen LogP contribution is 2.66. The second-order valence-corrected chi connectivity index (χ2v) is 10.1. The van der Waals surface area contributed by atoms with Gasteiger partial charge in [0.15, 0.2) is 5.78 Å². The van der Waals surface area contributed by atoms with Crippen molar-refractivity contribution in [3.05, 3.63) is 71.5 Å². The van der Waals surface area contributed by atoms with Gasteiger partial charge in [-0.05, 0) is 29.4 Å². The van der Waals surface area contributed by atoms with Crippen molar-refractivity contribution in [3.8, 4) is 11.1 Å². The van der Waals surface area contributed by atoms with E-state index in [1.165, 1.54) is 11.8 Å². The van der Waals surface area contributed by atoms with Crippen molar-refractivity contribution in [2.45, 2.75) is 50.1 Å². The molecule has 1 saturated carbocycles. The third-order valence-electron chi connectivity index (χ3n) is 7.42. The lowest BCUT2D eigenvalue weighted by atomic mass is 9.70. The molecule has 2 aliphatic rings. The Hall–Kier alpha value is -2.53. The van der Waals surface area contributed by atoms with E-state index in [9.17, 15) is 4.79 Å². The molecule has 2 aliphatic carbocycles. The van der Waals surface area contributed by atoms with Crippen molar-refractivity contribution >= 4 is 17.5 Å². The Kier molecular flexibility index (Phi) is 4.55. The van der Waals surface area contributed by atoms with E-state index in [-0.39, 0.29) is 16.6 Å². The fourth-order valence-electron chi connectivity index (χ4n) is 5.12. The normalized spacial score (nSPS) is 23.4. The lowest BCUT2D eigenvalue weighted by molar-refractivity contribution is 0.102. The minimum absolute atomic E-state index is 0.0511. The largest absolute Gasteiger partial charge is 0.293 e. The summed E-state index contributed by atoms with van der Waals surface area (Å²) in [5.74, 6) is 0.840. The summed E-state index contributed by atoms with van der Waals surface area (Å²) in [5.41, 5.74) is 5.35. The Labute approximate surface area is 181 Å². The van der Waals surface area contributed by atoms with Crippen molar-refractivity contribution in [2.24, 2.45) is 5.41 Å². The van der Waals surface area contributed by atoms with Gasteiger partial charge in [0, 0.05) is 16.9 Å². The molecule has 30 heavy (non-hydrogen) atoms. The summed E-state index contributed by atoms with van der Waals surface area (Å²) in [5, 5.41) is 9.47. The first-order valence-corrected chi connectivity index (χ1v) is 11.5. The highest BCUT2D eigenvalue weighted by Gasteiger charge is 2.61. The average molecular weight is 416 g/mol. The van der Waals surface area contributed by atoms with Crippen molar-refractivity contribution in [1.29, 1.82) is 0 Å². The Morgan fingerprint density at radius 1 is 1.00 bits per heavy atom. The van der Waals surface area contributed by atoms with Gasteiger partial charge in [0.1, 0.15) is 0 Å². The Balaban J connectivity index is 1.29. The summed E-state index contributed by atoms with van der Waals surface area (Å²) < 4.78 is 0. The molecule has 1 heterocycles.